The van der Waals surface area contributed by atoms with Crippen molar-refractivity contribution in [2.24, 2.45) is 0 Å². The van der Waals surface area contributed by atoms with Gasteiger partial charge in [-0.1, -0.05) is 0 Å². The SMILES string of the molecule is Nc1ncnc2c1ccn2[C@@H]1O[C@H](CO)[C@@H](O)C1(F)F. The first-order chi connectivity index (χ1) is 9.46. The zero-order chi connectivity index (χ0) is 14.5. The lowest BCUT2D eigenvalue weighted by Crippen LogP contribution is -2.39. The number of nitrogen functional groups attached to an aromatic ring is 1. The van der Waals surface area contributed by atoms with Crippen LogP contribution >= 0.6 is 0 Å². The van der Waals surface area contributed by atoms with Crippen LogP contribution in [0.15, 0.2) is 18.6 Å². The van der Waals surface area contributed by atoms with Gasteiger partial charge in [0, 0.05) is 6.20 Å². The number of nitrogens with zero attached hydrogens (tertiary/aromatic N) is 3. The van der Waals surface area contributed by atoms with E-state index in [1.54, 1.807) is 0 Å². The van der Waals surface area contributed by atoms with E-state index in [0.717, 1.165) is 10.9 Å². The Kier molecular flexibility index (Phi) is 2.85. The molecule has 0 spiro atoms. The molecule has 0 bridgehead atoms. The lowest BCUT2D eigenvalue weighted by Gasteiger charge is -2.21. The number of hydrogen-bond donors (Lipinski definition) is 3. The summed E-state index contributed by atoms with van der Waals surface area (Å²) in [4.78, 5) is 7.67. The minimum absolute atomic E-state index is 0.161. The molecule has 3 rings (SSSR count). The van der Waals surface area contributed by atoms with Crippen LogP contribution in [0, 0.1) is 0 Å². The maximum Gasteiger partial charge on any atom is 0.320 e. The summed E-state index contributed by atoms with van der Waals surface area (Å²) in [6, 6.07) is 1.49. The summed E-state index contributed by atoms with van der Waals surface area (Å²) in [5.41, 5.74) is 5.81. The van der Waals surface area contributed by atoms with Crippen LogP contribution < -0.4 is 5.73 Å². The Labute approximate surface area is 111 Å². The first-order valence-electron chi connectivity index (χ1n) is 5.86. The number of anilines is 1. The average Bonchev–Trinajstić information content (AvgIpc) is 2.92. The Morgan fingerprint density at radius 1 is 1.45 bits per heavy atom. The number of aliphatic hydroxyl groups is 2. The molecule has 3 heterocycles. The monoisotopic (exact) mass is 286 g/mol. The standard InChI is InChI=1S/C11H12F2N4O3/c12-11(13)7(19)6(3-18)20-10(11)17-2-1-5-8(14)15-4-16-9(5)17/h1-2,4,6-7,10,18-19H,3H2,(H2,14,15,16)/t6-,7-,10-/m1/s1. The van der Waals surface area contributed by atoms with E-state index in [0.29, 0.717) is 5.39 Å². The van der Waals surface area contributed by atoms with Gasteiger partial charge in [0.2, 0.25) is 6.23 Å². The van der Waals surface area contributed by atoms with Gasteiger partial charge >= 0.3 is 5.92 Å². The quantitative estimate of drug-likeness (QED) is 0.711. The highest BCUT2D eigenvalue weighted by atomic mass is 19.3. The highest BCUT2D eigenvalue weighted by Gasteiger charge is 2.59. The van der Waals surface area contributed by atoms with Gasteiger partial charge in [-0.25, -0.2) is 9.97 Å². The van der Waals surface area contributed by atoms with Gasteiger partial charge in [-0.2, -0.15) is 8.78 Å². The van der Waals surface area contributed by atoms with E-state index in [1.807, 2.05) is 0 Å². The van der Waals surface area contributed by atoms with Crippen molar-refractivity contribution in [3.63, 3.8) is 0 Å². The van der Waals surface area contributed by atoms with Crippen LogP contribution in [-0.2, 0) is 4.74 Å². The second-order valence-electron chi connectivity index (χ2n) is 4.55. The highest BCUT2D eigenvalue weighted by molar-refractivity contribution is 5.86. The summed E-state index contributed by atoms with van der Waals surface area (Å²) in [6.45, 7) is -0.705. The van der Waals surface area contributed by atoms with Crippen molar-refractivity contribution in [1.29, 1.82) is 0 Å². The van der Waals surface area contributed by atoms with E-state index in [1.165, 1.54) is 12.3 Å². The van der Waals surface area contributed by atoms with Crippen LogP contribution in [0.3, 0.4) is 0 Å². The molecule has 7 nitrogen and oxygen atoms in total. The summed E-state index contributed by atoms with van der Waals surface area (Å²) in [5, 5.41) is 18.9. The third-order valence-corrected chi connectivity index (χ3v) is 3.35. The molecule has 1 fully saturated rings. The highest BCUT2D eigenvalue weighted by Crippen LogP contribution is 2.43. The number of ether oxygens (including phenoxy) is 1. The van der Waals surface area contributed by atoms with Crippen LogP contribution in [0.1, 0.15) is 6.23 Å². The molecule has 1 saturated heterocycles. The van der Waals surface area contributed by atoms with Gasteiger partial charge in [0.05, 0.1) is 12.0 Å². The molecule has 0 unspecified atom stereocenters. The van der Waals surface area contributed by atoms with Gasteiger partial charge in [-0.3, -0.25) is 0 Å². The van der Waals surface area contributed by atoms with Gasteiger partial charge in [0.1, 0.15) is 23.9 Å². The maximum absolute atomic E-state index is 14.0. The number of aromatic nitrogens is 3. The Morgan fingerprint density at radius 3 is 2.85 bits per heavy atom. The molecular formula is C11H12F2N4O3. The molecule has 4 N–H and O–H groups in total. The second-order valence-corrected chi connectivity index (χ2v) is 4.55. The number of nitrogens with two attached hydrogens (primary N) is 1. The normalized spacial score (nSPS) is 29.1. The molecule has 108 valence electrons. The van der Waals surface area contributed by atoms with Crippen molar-refractivity contribution >= 4 is 16.9 Å². The Bertz CT molecular complexity index is 648. The fraction of sp³-hybridized carbons (Fsp3) is 0.455. The molecule has 9 heteroatoms. The zero-order valence-electron chi connectivity index (χ0n) is 10.1. The fourth-order valence-electron chi connectivity index (χ4n) is 2.30. The first kappa shape index (κ1) is 13.2. The van der Waals surface area contributed by atoms with Crippen molar-refractivity contribution < 1.29 is 23.7 Å². The second kappa shape index (κ2) is 4.33. The summed E-state index contributed by atoms with van der Waals surface area (Å²) < 4.78 is 34.2. The number of halogens is 2. The third kappa shape index (κ3) is 1.67. The lowest BCUT2D eigenvalue weighted by molar-refractivity contribution is -0.138. The van der Waals surface area contributed by atoms with Crippen LogP contribution in [-0.4, -0.2) is 49.5 Å². The summed E-state index contributed by atoms with van der Waals surface area (Å²) in [7, 11) is 0. The van der Waals surface area contributed by atoms with Crippen LogP contribution in [0.4, 0.5) is 14.6 Å². The molecule has 0 saturated carbocycles. The molecule has 2 aromatic heterocycles. The van der Waals surface area contributed by atoms with E-state index < -0.39 is 31.0 Å². The molecule has 0 amide bonds. The van der Waals surface area contributed by atoms with Crippen LogP contribution in [0.5, 0.6) is 0 Å². The Hall–Kier alpha value is -1.84. The molecule has 0 radical (unpaired) electrons. The van der Waals surface area contributed by atoms with Crippen LogP contribution in [0.2, 0.25) is 0 Å². The topological polar surface area (TPSA) is 106 Å². The van der Waals surface area contributed by atoms with Crippen molar-refractivity contribution in [2.45, 2.75) is 24.4 Å². The summed E-state index contributed by atoms with van der Waals surface area (Å²) in [6.07, 6.45) is -2.72. The Morgan fingerprint density at radius 2 is 2.20 bits per heavy atom. The van der Waals surface area contributed by atoms with Crippen LogP contribution in [0.25, 0.3) is 11.0 Å². The molecular weight excluding hydrogens is 274 g/mol. The van der Waals surface area contributed by atoms with Crippen molar-refractivity contribution in [3.05, 3.63) is 18.6 Å². The number of alkyl halides is 2. The van der Waals surface area contributed by atoms with Gasteiger partial charge in [0.15, 0.2) is 6.10 Å². The number of aliphatic hydroxyl groups excluding tert-OH is 2. The molecule has 3 atom stereocenters. The molecule has 1 aliphatic heterocycles. The smallest absolute Gasteiger partial charge is 0.320 e. The number of hydrogen-bond acceptors (Lipinski definition) is 6. The fourth-order valence-corrected chi connectivity index (χ4v) is 2.30. The van der Waals surface area contributed by atoms with Gasteiger partial charge in [0.25, 0.3) is 0 Å². The van der Waals surface area contributed by atoms with Gasteiger partial charge in [-0.05, 0) is 6.07 Å². The Balaban J connectivity index is 2.10. The van der Waals surface area contributed by atoms with E-state index in [-0.39, 0.29) is 11.5 Å². The minimum atomic E-state index is -3.56. The summed E-state index contributed by atoms with van der Waals surface area (Å²) >= 11 is 0. The van der Waals surface area contributed by atoms with E-state index >= 15 is 0 Å². The predicted octanol–water partition coefficient (Wildman–Crippen LogP) is -0.101. The number of rotatable bonds is 2. The van der Waals surface area contributed by atoms with Crippen molar-refractivity contribution in [1.82, 2.24) is 14.5 Å². The average molecular weight is 286 g/mol. The van der Waals surface area contributed by atoms with E-state index in [2.05, 4.69) is 9.97 Å². The molecule has 20 heavy (non-hydrogen) atoms. The van der Waals surface area contributed by atoms with Gasteiger partial charge < -0.3 is 25.3 Å². The molecule has 1 aliphatic rings. The third-order valence-electron chi connectivity index (χ3n) is 3.35. The van der Waals surface area contributed by atoms with Crippen molar-refractivity contribution in [2.75, 3.05) is 12.3 Å². The molecule has 2 aromatic rings. The lowest BCUT2D eigenvalue weighted by atomic mass is 10.1. The maximum atomic E-state index is 14.0. The van der Waals surface area contributed by atoms with E-state index in [9.17, 15) is 13.9 Å². The van der Waals surface area contributed by atoms with E-state index in [4.69, 9.17) is 15.6 Å². The van der Waals surface area contributed by atoms with Gasteiger partial charge in [-0.15, -0.1) is 0 Å². The first-order valence-corrected chi connectivity index (χ1v) is 5.86. The molecule has 0 aromatic carbocycles. The summed E-state index contributed by atoms with van der Waals surface area (Å²) in [5.74, 6) is -3.40. The number of fused-ring (bicyclic) bond motifs is 1. The molecule has 0 aliphatic carbocycles. The van der Waals surface area contributed by atoms with Crippen molar-refractivity contribution in [3.8, 4) is 0 Å². The zero-order valence-corrected chi connectivity index (χ0v) is 10.1. The predicted molar refractivity (Wildman–Crippen MR) is 63.9 cm³/mol. The largest absolute Gasteiger partial charge is 0.394 e. The minimum Gasteiger partial charge on any atom is -0.394 e.